The number of ether oxygens (including phenoxy) is 1. The van der Waals surface area contributed by atoms with Crippen LogP contribution in [0.15, 0.2) is 24.4 Å². The second-order valence-electron chi connectivity index (χ2n) is 4.08. The molecule has 0 aliphatic heterocycles. The molecule has 0 spiro atoms. The lowest BCUT2D eigenvalue weighted by molar-refractivity contribution is -0.115. The van der Waals surface area contributed by atoms with Crippen molar-refractivity contribution < 1.29 is 18.7 Å². The van der Waals surface area contributed by atoms with Crippen LogP contribution in [0.4, 0.5) is 10.1 Å². The SMILES string of the molecule is COC(=O)c1[nH]ncc1NC(=O)Cc1c(F)cccc1Cl. The van der Waals surface area contributed by atoms with Crippen LogP contribution in [0.3, 0.4) is 0 Å². The number of methoxy groups -OCH3 is 1. The number of nitrogens with one attached hydrogen (secondary N) is 2. The summed E-state index contributed by atoms with van der Waals surface area (Å²) in [7, 11) is 1.20. The molecule has 0 bridgehead atoms. The highest BCUT2D eigenvalue weighted by Crippen LogP contribution is 2.20. The zero-order chi connectivity index (χ0) is 15.4. The van der Waals surface area contributed by atoms with E-state index in [1.165, 1.54) is 31.5 Å². The predicted molar refractivity (Wildman–Crippen MR) is 73.7 cm³/mol. The number of nitrogens with zero attached hydrogens (tertiary/aromatic N) is 1. The number of carbonyl (C=O) groups is 2. The smallest absolute Gasteiger partial charge is 0.358 e. The minimum atomic E-state index is -0.674. The quantitative estimate of drug-likeness (QED) is 0.848. The fraction of sp³-hybridized carbons (Fsp3) is 0.154. The number of halogens is 2. The van der Waals surface area contributed by atoms with E-state index in [2.05, 4.69) is 20.3 Å². The Labute approximate surface area is 124 Å². The first-order valence-corrected chi connectivity index (χ1v) is 6.25. The summed E-state index contributed by atoms with van der Waals surface area (Å²) in [6, 6.07) is 4.15. The van der Waals surface area contributed by atoms with Crippen molar-refractivity contribution in [3.8, 4) is 0 Å². The molecular formula is C13H11ClFN3O3. The Hall–Kier alpha value is -2.41. The van der Waals surface area contributed by atoms with E-state index in [1.54, 1.807) is 0 Å². The van der Waals surface area contributed by atoms with Gasteiger partial charge in [0.25, 0.3) is 0 Å². The Balaban J connectivity index is 2.13. The van der Waals surface area contributed by atoms with Crippen LogP contribution >= 0.6 is 11.6 Å². The number of hydrogen-bond acceptors (Lipinski definition) is 4. The Morgan fingerprint density at radius 1 is 1.48 bits per heavy atom. The van der Waals surface area contributed by atoms with Crippen LogP contribution in [0.1, 0.15) is 16.1 Å². The van der Waals surface area contributed by atoms with E-state index >= 15 is 0 Å². The van der Waals surface area contributed by atoms with Crippen LogP contribution in [0.25, 0.3) is 0 Å². The Morgan fingerprint density at radius 3 is 2.90 bits per heavy atom. The van der Waals surface area contributed by atoms with Crippen molar-refractivity contribution in [2.45, 2.75) is 6.42 Å². The summed E-state index contributed by atoms with van der Waals surface area (Å²) in [4.78, 5) is 23.3. The number of esters is 1. The summed E-state index contributed by atoms with van der Waals surface area (Å²) >= 11 is 5.85. The van der Waals surface area contributed by atoms with E-state index in [1.807, 2.05) is 0 Å². The molecule has 21 heavy (non-hydrogen) atoms. The number of anilines is 1. The molecule has 2 rings (SSSR count). The fourth-order valence-corrected chi connectivity index (χ4v) is 1.92. The summed E-state index contributed by atoms with van der Waals surface area (Å²) < 4.78 is 18.1. The molecule has 0 fully saturated rings. The average Bonchev–Trinajstić information content (AvgIpc) is 2.90. The van der Waals surface area contributed by atoms with Gasteiger partial charge in [-0.25, -0.2) is 9.18 Å². The van der Waals surface area contributed by atoms with Crippen LogP contribution in [-0.2, 0) is 16.0 Å². The summed E-state index contributed by atoms with van der Waals surface area (Å²) in [5.74, 6) is -1.78. The summed E-state index contributed by atoms with van der Waals surface area (Å²) in [6.07, 6.45) is 0.990. The minimum Gasteiger partial charge on any atom is -0.464 e. The molecule has 0 aliphatic rings. The summed E-state index contributed by atoms with van der Waals surface area (Å²) in [6.45, 7) is 0. The van der Waals surface area contributed by atoms with Gasteiger partial charge in [-0.3, -0.25) is 9.89 Å². The zero-order valence-electron chi connectivity index (χ0n) is 10.9. The molecule has 8 heteroatoms. The first-order valence-electron chi connectivity index (χ1n) is 5.87. The monoisotopic (exact) mass is 311 g/mol. The maximum atomic E-state index is 13.6. The third-order valence-electron chi connectivity index (χ3n) is 2.70. The highest BCUT2D eigenvalue weighted by atomic mass is 35.5. The van der Waals surface area contributed by atoms with E-state index in [9.17, 15) is 14.0 Å². The van der Waals surface area contributed by atoms with Gasteiger partial charge in [-0.15, -0.1) is 0 Å². The number of aromatic nitrogens is 2. The topological polar surface area (TPSA) is 84.1 Å². The van der Waals surface area contributed by atoms with Crippen LogP contribution in [-0.4, -0.2) is 29.2 Å². The molecule has 1 heterocycles. The van der Waals surface area contributed by atoms with Gasteiger partial charge in [0.1, 0.15) is 5.82 Å². The summed E-state index contributed by atoms with van der Waals surface area (Å²) in [5, 5.41) is 8.66. The van der Waals surface area contributed by atoms with Crippen molar-refractivity contribution in [2.24, 2.45) is 0 Å². The van der Waals surface area contributed by atoms with E-state index in [-0.39, 0.29) is 28.4 Å². The second kappa shape index (κ2) is 6.36. The van der Waals surface area contributed by atoms with Gasteiger partial charge in [-0.1, -0.05) is 17.7 Å². The molecule has 0 saturated heterocycles. The molecule has 0 saturated carbocycles. The van der Waals surface area contributed by atoms with Crippen LogP contribution in [0, 0.1) is 5.82 Å². The van der Waals surface area contributed by atoms with Gasteiger partial charge < -0.3 is 10.1 Å². The van der Waals surface area contributed by atoms with Gasteiger partial charge in [0.15, 0.2) is 5.69 Å². The van der Waals surface area contributed by atoms with Gasteiger partial charge in [-0.2, -0.15) is 5.10 Å². The van der Waals surface area contributed by atoms with Gasteiger partial charge in [-0.05, 0) is 12.1 Å². The number of rotatable bonds is 4. The van der Waals surface area contributed by atoms with Gasteiger partial charge >= 0.3 is 5.97 Å². The average molecular weight is 312 g/mol. The Bertz CT molecular complexity index is 667. The molecule has 110 valence electrons. The van der Waals surface area contributed by atoms with Crippen molar-refractivity contribution in [2.75, 3.05) is 12.4 Å². The maximum Gasteiger partial charge on any atom is 0.358 e. The van der Waals surface area contributed by atoms with Crippen molar-refractivity contribution in [3.05, 3.63) is 46.5 Å². The highest BCUT2D eigenvalue weighted by molar-refractivity contribution is 6.31. The number of carbonyl (C=O) groups excluding carboxylic acids is 2. The largest absolute Gasteiger partial charge is 0.464 e. The second-order valence-corrected chi connectivity index (χ2v) is 4.48. The van der Waals surface area contributed by atoms with Gasteiger partial charge in [0.05, 0.1) is 25.4 Å². The maximum absolute atomic E-state index is 13.6. The number of H-pyrrole nitrogens is 1. The standard InChI is InChI=1S/C13H11ClFN3O3/c1-21-13(20)12-10(6-16-18-12)17-11(19)5-7-8(14)3-2-4-9(7)15/h2-4,6H,5H2,1H3,(H,16,18)(H,17,19). The van der Waals surface area contributed by atoms with Crippen LogP contribution in [0.2, 0.25) is 5.02 Å². The molecule has 0 unspecified atom stereocenters. The van der Waals surface area contributed by atoms with E-state index < -0.39 is 17.7 Å². The lowest BCUT2D eigenvalue weighted by Crippen LogP contribution is -2.17. The molecule has 6 nitrogen and oxygen atoms in total. The van der Waals surface area contributed by atoms with Crippen molar-refractivity contribution in [1.82, 2.24) is 10.2 Å². The van der Waals surface area contributed by atoms with Crippen LogP contribution < -0.4 is 5.32 Å². The van der Waals surface area contributed by atoms with Gasteiger partial charge in [0.2, 0.25) is 5.91 Å². The molecule has 1 amide bonds. The molecule has 2 aromatic rings. The predicted octanol–water partition coefficient (Wildman–Crippen LogP) is 2.17. The molecule has 1 aromatic carbocycles. The lowest BCUT2D eigenvalue weighted by atomic mass is 10.1. The first-order chi connectivity index (χ1) is 10.0. The molecule has 2 N–H and O–H groups in total. The molecule has 0 atom stereocenters. The van der Waals surface area contributed by atoms with E-state index in [4.69, 9.17) is 11.6 Å². The number of aromatic amines is 1. The lowest BCUT2D eigenvalue weighted by Gasteiger charge is -2.07. The molecule has 1 aromatic heterocycles. The first kappa shape index (κ1) is 15.0. The highest BCUT2D eigenvalue weighted by Gasteiger charge is 2.18. The molecule has 0 radical (unpaired) electrons. The van der Waals surface area contributed by atoms with Crippen molar-refractivity contribution in [3.63, 3.8) is 0 Å². The number of hydrogen-bond donors (Lipinski definition) is 2. The van der Waals surface area contributed by atoms with E-state index in [0.717, 1.165) is 0 Å². The normalized spacial score (nSPS) is 10.2. The van der Waals surface area contributed by atoms with E-state index in [0.29, 0.717) is 0 Å². The molecule has 0 aliphatic carbocycles. The zero-order valence-corrected chi connectivity index (χ0v) is 11.7. The van der Waals surface area contributed by atoms with Crippen molar-refractivity contribution >= 4 is 29.2 Å². The fourth-order valence-electron chi connectivity index (χ4n) is 1.69. The van der Waals surface area contributed by atoms with Crippen molar-refractivity contribution in [1.29, 1.82) is 0 Å². The Kier molecular flexibility index (Phi) is 4.54. The summed E-state index contributed by atoms with van der Waals surface area (Å²) in [5.41, 5.74) is 0.240. The third-order valence-corrected chi connectivity index (χ3v) is 3.06. The third kappa shape index (κ3) is 3.38. The molecular weight excluding hydrogens is 301 g/mol. The minimum absolute atomic E-state index is 0.00507. The Morgan fingerprint density at radius 2 is 2.24 bits per heavy atom. The number of benzene rings is 1. The van der Waals surface area contributed by atoms with Crippen LogP contribution in [0.5, 0.6) is 0 Å². The number of amides is 1. The van der Waals surface area contributed by atoms with Gasteiger partial charge in [0, 0.05) is 10.6 Å².